The normalized spacial score (nSPS) is 22.4. The van der Waals surface area contributed by atoms with Crippen molar-refractivity contribution in [1.82, 2.24) is 10.3 Å². The van der Waals surface area contributed by atoms with Crippen LogP contribution in [0.1, 0.15) is 21.6 Å². The van der Waals surface area contributed by atoms with Crippen molar-refractivity contribution in [1.29, 1.82) is 0 Å². The lowest BCUT2D eigenvalue weighted by molar-refractivity contribution is -0.137. The lowest BCUT2D eigenvalue weighted by Gasteiger charge is -2.22. The average molecular weight is 268 g/mol. The standard InChI is InChI=1S/C9H11F3N2S2/c1-5-7(6-4-15-3-2-13-6)14-8(16-5)9(10,11)12/h6,13H,2-4H2,1H3. The van der Waals surface area contributed by atoms with Gasteiger partial charge in [0.15, 0.2) is 5.01 Å². The Hall–Kier alpha value is -0.270. The van der Waals surface area contributed by atoms with E-state index in [4.69, 9.17) is 0 Å². The molecule has 2 heterocycles. The van der Waals surface area contributed by atoms with Crippen LogP contribution in [0.2, 0.25) is 0 Å². The first-order valence-electron chi connectivity index (χ1n) is 4.84. The molecule has 1 aromatic rings. The summed E-state index contributed by atoms with van der Waals surface area (Å²) in [7, 11) is 0. The van der Waals surface area contributed by atoms with E-state index in [2.05, 4.69) is 10.3 Å². The molecular formula is C9H11F3N2S2. The molecule has 0 aliphatic carbocycles. The minimum Gasteiger partial charge on any atom is -0.307 e. The zero-order valence-corrected chi connectivity index (χ0v) is 10.2. The first-order valence-corrected chi connectivity index (χ1v) is 6.81. The molecule has 90 valence electrons. The second-order valence-corrected chi connectivity index (χ2v) is 5.89. The number of hydrogen-bond acceptors (Lipinski definition) is 4. The number of nitrogens with one attached hydrogen (secondary N) is 1. The summed E-state index contributed by atoms with van der Waals surface area (Å²) in [6.07, 6.45) is -4.32. The molecule has 0 aromatic carbocycles. The fourth-order valence-corrected chi connectivity index (χ4v) is 3.38. The van der Waals surface area contributed by atoms with Crippen molar-refractivity contribution in [3.63, 3.8) is 0 Å². The van der Waals surface area contributed by atoms with Gasteiger partial charge in [0.25, 0.3) is 0 Å². The Morgan fingerprint density at radius 2 is 2.19 bits per heavy atom. The van der Waals surface area contributed by atoms with Crippen LogP contribution in [0.4, 0.5) is 13.2 Å². The van der Waals surface area contributed by atoms with E-state index >= 15 is 0 Å². The summed E-state index contributed by atoms with van der Waals surface area (Å²) in [6.45, 7) is 2.52. The van der Waals surface area contributed by atoms with Crippen molar-refractivity contribution in [2.24, 2.45) is 0 Å². The van der Waals surface area contributed by atoms with Crippen molar-refractivity contribution in [3.05, 3.63) is 15.6 Å². The van der Waals surface area contributed by atoms with Crippen LogP contribution in [0.25, 0.3) is 0 Å². The van der Waals surface area contributed by atoms with Gasteiger partial charge in [0, 0.05) is 22.9 Å². The number of aromatic nitrogens is 1. The average Bonchev–Trinajstić information content (AvgIpc) is 2.61. The van der Waals surface area contributed by atoms with E-state index < -0.39 is 11.2 Å². The number of rotatable bonds is 1. The molecule has 0 bridgehead atoms. The number of alkyl halides is 3. The molecule has 0 radical (unpaired) electrons. The molecule has 1 atom stereocenters. The fraction of sp³-hybridized carbons (Fsp3) is 0.667. The molecule has 1 N–H and O–H groups in total. The van der Waals surface area contributed by atoms with Gasteiger partial charge < -0.3 is 5.32 Å². The van der Waals surface area contributed by atoms with Gasteiger partial charge in [-0.25, -0.2) is 4.98 Å². The van der Waals surface area contributed by atoms with Crippen LogP contribution in [0.3, 0.4) is 0 Å². The van der Waals surface area contributed by atoms with Crippen molar-refractivity contribution in [2.45, 2.75) is 19.1 Å². The molecule has 1 aliphatic heterocycles. The van der Waals surface area contributed by atoms with Crippen LogP contribution >= 0.6 is 23.1 Å². The van der Waals surface area contributed by atoms with Crippen molar-refractivity contribution in [2.75, 3.05) is 18.1 Å². The first kappa shape index (κ1) is 12.2. The lowest BCUT2D eigenvalue weighted by Crippen LogP contribution is -2.31. The Bertz CT molecular complexity index is 369. The highest BCUT2D eigenvalue weighted by molar-refractivity contribution is 7.99. The highest BCUT2D eigenvalue weighted by Crippen LogP contribution is 2.36. The second kappa shape index (κ2) is 4.54. The zero-order chi connectivity index (χ0) is 11.8. The molecule has 16 heavy (non-hydrogen) atoms. The van der Waals surface area contributed by atoms with E-state index in [1.165, 1.54) is 0 Å². The quantitative estimate of drug-likeness (QED) is 0.847. The largest absolute Gasteiger partial charge is 0.443 e. The molecule has 2 nitrogen and oxygen atoms in total. The van der Waals surface area contributed by atoms with E-state index in [1.54, 1.807) is 18.7 Å². The maximum absolute atomic E-state index is 12.5. The molecule has 1 saturated heterocycles. The number of hydrogen-bond donors (Lipinski definition) is 1. The highest BCUT2D eigenvalue weighted by atomic mass is 32.2. The van der Waals surface area contributed by atoms with E-state index in [0.717, 1.165) is 29.4 Å². The van der Waals surface area contributed by atoms with E-state index in [0.29, 0.717) is 10.6 Å². The Balaban J connectivity index is 2.24. The zero-order valence-electron chi connectivity index (χ0n) is 8.60. The van der Waals surface area contributed by atoms with Crippen molar-refractivity contribution in [3.8, 4) is 0 Å². The van der Waals surface area contributed by atoms with Gasteiger partial charge in [-0.05, 0) is 6.92 Å². The molecule has 1 unspecified atom stereocenters. The van der Waals surface area contributed by atoms with Crippen LogP contribution in [0.15, 0.2) is 0 Å². The monoisotopic (exact) mass is 268 g/mol. The number of nitrogens with zero attached hydrogens (tertiary/aromatic N) is 1. The minimum absolute atomic E-state index is 0.0360. The third-order valence-electron chi connectivity index (χ3n) is 2.33. The summed E-state index contributed by atoms with van der Waals surface area (Å²) in [6, 6.07) is -0.0360. The van der Waals surface area contributed by atoms with Crippen LogP contribution < -0.4 is 5.32 Å². The van der Waals surface area contributed by atoms with Gasteiger partial charge in [0.1, 0.15) is 0 Å². The molecule has 1 fully saturated rings. The van der Waals surface area contributed by atoms with Crippen LogP contribution in [-0.2, 0) is 6.18 Å². The van der Waals surface area contributed by atoms with E-state index in [-0.39, 0.29) is 6.04 Å². The van der Waals surface area contributed by atoms with Crippen LogP contribution in [-0.4, -0.2) is 23.0 Å². The molecule has 0 spiro atoms. The SMILES string of the molecule is Cc1sc(C(F)(F)F)nc1C1CSCCN1. The third-order valence-corrected chi connectivity index (χ3v) is 4.42. The van der Waals surface area contributed by atoms with Gasteiger partial charge in [0.05, 0.1) is 11.7 Å². The number of halogens is 3. The first-order chi connectivity index (χ1) is 7.48. The number of aryl methyl sites for hydroxylation is 1. The van der Waals surface area contributed by atoms with Gasteiger partial charge in [-0.15, -0.1) is 11.3 Å². The molecule has 2 rings (SSSR count). The van der Waals surface area contributed by atoms with Gasteiger partial charge in [-0.1, -0.05) is 0 Å². The topological polar surface area (TPSA) is 24.9 Å². The van der Waals surface area contributed by atoms with Crippen LogP contribution in [0, 0.1) is 6.92 Å². The summed E-state index contributed by atoms with van der Waals surface area (Å²) in [5.74, 6) is 1.80. The number of thiazole rings is 1. The van der Waals surface area contributed by atoms with E-state index in [9.17, 15) is 13.2 Å². The number of thioether (sulfide) groups is 1. The minimum atomic E-state index is -4.32. The summed E-state index contributed by atoms with van der Waals surface area (Å²) < 4.78 is 37.4. The van der Waals surface area contributed by atoms with Crippen molar-refractivity contribution >= 4 is 23.1 Å². The Morgan fingerprint density at radius 3 is 2.69 bits per heavy atom. The second-order valence-electron chi connectivity index (χ2n) is 3.54. The van der Waals surface area contributed by atoms with Crippen LogP contribution in [0.5, 0.6) is 0 Å². The molecule has 7 heteroatoms. The molecule has 0 amide bonds. The maximum Gasteiger partial charge on any atom is 0.443 e. The summed E-state index contributed by atoms with van der Waals surface area (Å²) in [5, 5.41) is 2.46. The summed E-state index contributed by atoms with van der Waals surface area (Å²) in [5.41, 5.74) is 0.560. The molecule has 0 saturated carbocycles. The Kier molecular flexibility index (Phi) is 3.46. The Morgan fingerprint density at radius 1 is 1.44 bits per heavy atom. The fourth-order valence-electron chi connectivity index (χ4n) is 1.59. The summed E-state index contributed by atoms with van der Waals surface area (Å²) >= 11 is 2.47. The highest BCUT2D eigenvalue weighted by Gasteiger charge is 2.36. The Labute approximate surface area is 99.6 Å². The molecular weight excluding hydrogens is 257 g/mol. The van der Waals surface area contributed by atoms with Gasteiger partial charge in [-0.3, -0.25) is 0 Å². The van der Waals surface area contributed by atoms with Gasteiger partial charge >= 0.3 is 6.18 Å². The smallest absolute Gasteiger partial charge is 0.307 e. The van der Waals surface area contributed by atoms with E-state index in [1.807, 2.05) is 0 Å². The molecule has 1 aromatic heterocycles. The molecule has 1 aliphatic rings. The predicted octanol–water partition coefficient (Wildman–Crippen LogP) is 2.85. The maximum atomic E-state index is 12.5. The van der Waals surface area contributed by atoms with Gasteiger partial charge in [0.2, 0.25) is 0 Å². The van der Waals surface area contributed by atoms with Gasteiger partial charge in [-0.2, -0.15) is 24.9 Å². The lowest BCUT2D eigenvalue weighted by atomic mass is 10.2. The summed E-state index contributed by atoms with van der Waals surface area (Å²) in [4.78, 5) is 4.38. The van der Waals surface area contributed by atoms with Crippen molar-refractivity contribution < 1.29 is 13.2 Å². The predicted molar refractivity (Wildman–Crippen MR) is 59.9 cm³/mol. The third kappa shape index (κ3) is 2.52.